The van der Waals surface area contributed by atoms with E-state index in [0.29, 0.717) is 5.75 Å². The summed E-state index contributed by atoms with van der Waals surface area (Å²) in [6, 6.07) is 13.1. The second-order valence-electron chi connectivity index (χ2n) is 4.97. The number of carbonyl (C=O) groups excluding carboxylic acids is 1. The predicted octanol–water partition coefficient (Wildman–Crippen LogP) is 3.97. The summed E-state index contributed by atoms with van der Waals surface area (Å²) in [6.07, 6.45) is 3.09. The number of phenolic OH excluding ortho intramolecular Hbond substituents is 1. The summed E-state index contributed by atoms with van der Waals surface area (Å²) in [5.74, 6) is -0.364. The molecule has 2 N–H and O–H groups in total. The number of ether oxygens (including phenoxy) is 1. The topological polar surface area (TPSA) is 71.5 Å². The van der Waals surface area contributed by atoms with E-state index in [4.69, 9.17) is 4.74 Å². The molecule has 24 heavy (non-hydrogen) atoms. The van der Waals surface area contributed by atoms with Gasteiger partial charge in [0.25, 0.3) is 5.91 Å². The standard InChI is InChI=1S/C18H13FN2O3/c19-13-8-14(21-18(23)12-3-1-4-15(22)7-12)10-17(9-13)24-16-5-2-6-20-11-16/h1-11,22H,(H,21,23). The van der Waals surface area contributed by atoms with Gasteiger partial charge in [-0.05, 0) is 36.4 Å². The van der Waals surface area contributed by atoms with Gasteiger partial charge in [0.05, 0.1) is 6.20 Å². The fourth-order valence-corrected chi connectivity index (χ4v) is 2.09. The Morgan fingerprint density at radius 2 is 1.96 bits per heavy atom. The summed E-state index contributed by atoms with van der Waals surface area (Å²) in [6.45, 7) is 0. The van der Waals surface area contributed by atoms with Crippen molar-refractivity contribution in [2.45, 2.75) is 0 Å². The quantitative estimate of drug-likeness (QED) is 0.762. The number of pyridine rings is 1. The second-order valence-corrected chi connectivity index (χ2v) is 4.97. The normalized spacial score (nSPS) is 10.2. The van der Waals surface area contributed by atoms with Gasteiger partial charge in [0, 0.05) is 29.6 Å². The van der Waals surface area contributed by atoms with Gasteiger partial charge >= 0.3 is 0 Å². The van der Waals surface area contributed by atoms with Gasteiger partial charge in [0.2, 0.25) is 0 Å². The van der Waals surface area contributed by atoms with Crippen LogP contribution in [0, 0.1) is 5.82 Å². The zero-order valence-electron chi connectivity index (χ0n) is 12.4. The molecule has 6 heteroatoms. The lowest BCUT2D eigenvalue weighted by molar-refractivity contribution is 0.102. The smallest absolute Gasteiger partial charge is 0.255 e. The number of carbonyl (C=O) groups is 1. The Morgan fingerprint density at radius 1 is 1.08 bits per heavy atom. The summed E-state index contributed by atoms with van der Waals surface area (Å²) in [5, 5.41) is 12.0. The molecular formula is C18H13FN2O3. The number of hydrogen-bond acceptors (Lipinski definition) is 4. The van der Waals surface area contributed by atoms with E-state index in [1.54, 1.807) is 30.5 Å². The molecule has 0 bridgehead atoms. The second kappa shape index (κ2) is 6.78. The molecule has 0 aliphatic carbocycles. The van der Waals surface area contributed by atoms with E-state index >= 15 is 0 Å². The first-order chi connectivity index (χ1) is 11.6. The van der Waals surface area contributed by atoms with Crippen molar-refractivity contribution in [3.8, 4) is 17.2 Å². The van der Waals surface area contributed by atoms with Crippen LogP contribution in [0.1, 0.15) is 10.4 Å². The number of benzene rings is 2. The highest BCUT2D eigenvalue weighted by Gasteiger charge is 2.09. The number of rotatable bonds is 4. The van der Waals surface area contributed by atoms with Gasteiger partial charge in [-0.2, -0.15) is 0 Å². The molecule has 1 amide bonds. The predicted molar refractivity (Wildman–Crippen MR) is 86.8 cm³/mol. The molecule has 0 saturated carbocycles. The average molecular weight is 324 g/mol. The highest BCUT2D eigenvalue weighted by molar-refractivity contribution is 6.04. The van der Waals surface area contributed by atoms with E-state index in [9.17, 15) is 14.3 Å². The van der Waals surface area contributed by atoms with E-state index < -0.39 is 11.7 Å². The molecule has 0 spiro atoms. The van der Waals surface area contributed by atoms with Crippen molar-refractivity contribution in [2.24, 2.45) is 0 Å². The van der Waals surface area contributed by atoms with Crippen LogP contribution in [0.25, 0.3) is 0 Å². The van der Waals surface area contributed by atoms with E-state index in [1.165, 1.54) is 36.5 Å². The Balaban J connectivity index is 1.80. The summed E-state index contributed by atoms with van der Waals surface area (Å²) in [7, 11) is 0. The largest absolute Gasteiger partial charge is 0.508 e. The highest BCUT2D eigenvalue weighted by Crippen LogP contribution is 2.25. The van der Waals surface area contributed by atoms with E-state index in [0.717, 1.165) is 0 Å². The summed E-state index contributed by atoms with van der Waals surface area (Å²) in [4.78, 5) is 16.1. The molecule has 0 unspecified atom stereocenters. The Hall–Kier alpha value is -3.41. The van der Waals surface area contributed by atoms with Crippen molar-refractivity contribution >= 4 is 11.6 Å². The molecule has 5 nitrogen and oxygen atoms in total. The van der Waals surface area contributed by atoms with Gasteiger partial charge in [0.1, 0.15) is 23.1 Å². The van der Waals surface area contributed by atoms with Crippen LogP contribution in [0.15, 0.2) is 67.0 Å². The summed E-state index contributed by atoms with van der Waals surface area (Å²) < 4.78 is 19.3. The number of phenols is 1. The molecule has 2 aromatic carbocycles. The lowest BCUT2D eigenvalue weighted by atomic mass is 10.2. The number of amides is 1. The molecule has 3 rings (SSSR count). The molecule has 0 aliphatic heterocycles. The Bertz CT molecular complexity index is 869. The van der Waals surface area contributed by atoms with Crippen LogP contribution in [0.3, 0.4) is 0 Å². The van der Waals surface area contributed by atoms with Gasteiger partial charge in [-0.3, -0.25) is 9.78 Å². The minimum absolute atomic E-state index is 0.0255. The van der Waals surface area contributed by atoms with Crippen molar-refractivity contribution in [1.29, 1.82) is 0 Å². The molecule has 0 aliphatic rings. The first-order valence-electron chi connectivity index (χ1n) is 7.09. The maximum absolute atomic E-state index is 13.8. The molecule has 0 fully saturated rings. The summed E-state index contributed by atoms with van der Waals surface area (Å²) in [5.41, 5.74) is 0.497. The lowest BCUT2D eigenvalue weighted by Crippen LogP contribution is -2.11. The lowest BCUT2D eigenvalue weighted by Gasteiger charge is -2.09. The Kier molecular flexibility index (Phi) is 4.38. The van der Waals surface area contributed by atoms with Crippen molar-refractivity contribution < 1.29 is 19.0 Å². The van der Waals surface area contributed by atoms with Crippen molar-refractivity contribution in [3.05, 3.63) is 78.4 Å². The molecule has 0 radical (unpaired) electrons. The number of anilines is 1. The van der Waals surface area contributed by atoms with Crippen molar-refractivity contribution in [1.82, 2.24) is 4.98 Å². The monoisotopic (exact) mass is 324 g/mol. The van der Waals surface area contributed by atoms with Gasteiger partial charge in [0.15, 0.2) is 0 Å². The fourth-order valence-electron chi connectivity index (χ4n) is 2.09. The molecule has 0 atom stereocenters. The first-order valence-corrected chi connectivity index (χ1v) is 7.09. The minimum Gasteiger partial charge on any atom is -0.508 e. The van der Waals surface area contributed by atoms with Crippen LogP contribution >= 0.6 is 0 Å². The number of aromatic hydroxyl groups is 1. The molecule has 1 aromatic heterocycles. The third-order valence-electron chi connectivity index (χ3n) is 3.11. The number of aromatic nitrogens is 1. The highest BCUT2D eigenvalue weighted by atomic mass is 19.1. The van der Waals surface area contributed by atoms with E-state index in [-0.39, 0.29) is 22.7 Å². The zero-order valence-corrected chi connectivity index (χ0v) is 12.4. The van der Waals surface area contributed by atoms with Crippen molar-refractivity contribution in [3.63, 3.8) is 0 Å². The first kappa shape index (κ1) is 15.5. The van der Waals surface area contributed by atoms with E-state index in [2.05, 4.69) is 10.3 Å². The van der Waals surface area contributed by atoms with Crippen molar-refractivity contribution in [2.75, 3.05) is 5.32 Å². The Labute approximate surface area is 137 Å². The van der Waals surface area contributed by atoms with Gasteiger partial charge in [-0.25, -0.2) is 4.39 Å². The number of hydrogen-bond donors (Lipinski definition) is 2. The maximum Gasteiger partial charge on any atom is 0.255 e. The average Bonchev–Trinajstić information content (AvgIpc) is 2.55. The molecular weight excluding hydrogens is 311 g/mol. The van der Waals surface area contributed by atoms with Gasteiger partial charge in [-0.15, -0.1) is 0 Å². The van der Waals surface area contributed by atoms with Crippen LogP contribution in [0.4, 0.5) is 10.1 Å². The van der Waals surface area contributed by atoms with E-state index in [1.807, 2.05) is 0 Å². The SMILES string of the molecule is O=C(Nc1cc(F)cc(Oc2cccnc2)c1)c1cccc(O)c1. The molecule has 1 heterocycles. The number of nitrogens with zero attached hydrogens (tertiary/aromatic N) is 1. The van der Waals surface area contributed by atoms with Crippen LogP contribution in [0.5, 0.6) is 17.2 Å². The Morgan fingerprint density at radius 3 is 2.71 bits per heavy atom. The van der Waals surface area contributed by atoms with Crippen LogP contribution < -0.4 is 10.1 Å². The summed E-state index contributed by atoms with van der Waals surface area (Å²) >= 11 is 0. The minimum atomic E-state index is -0.553. The van der Waals surface area contributed by atoms with Crippen LogP contribution in [-0.2, 0) is 0 Å². The molecule has 3 aromatic rings. The number of nitrogens with one attached hydrogen (secondary N) is 1. The number of halogens is 1. The zero-order chi connectivity index (χ0) is 16.9. The third-order valence-corrected chi connectivity index (χ3v) is 3.11. The molecule has 0 saturated heterocycles. The fraction of sp³-hybridized carbons (Fsp3) is 0. The maximum atomic E-state index is 13.8. The van der Waals surface area contributed by atoms with Gasteiger partial charge in [-0.1, -0.05) is 6.07 Å². The van der Waals surface area contributed by atoms with Crippen LogP contribution in [-0.4, -0.2) is 16.0 Å². The van der Waals surface area contributed by atoms with Gasteiger partial charge < -0.3 is 15.2 Å². The third kappa shape index (κ3) is 3.86. The van der Waals surface area contributed by atoms with Crippen LogP contribution in [0.2, 0.25) is 0 Å². The molecule has 120 valence electrons.